The highest BCUT2D eigenvalue weighted by Gasteiger charge is 2.25. The van der Waals surface area contributed by atoms with Crippen LogP contribution in [0.15, 0.2) is 71.6 Å². The number of likely N-dealkylation sites (tertiary alicyclic amines) is 1. The quantitative estimate of drug-likeness (QED) is 0.455. The van der Waals surface area contributed by atoms with Crippen LogP contribution in [0.1, 0.15) is 28.8 Å². The molecule has 0 unspecified atom stereocenters. The third-order valence-electron chi connectivity index (χ3n) is 5.66. The number of nitrogens with zero attached hydrogens (tertiary/aromatic N) is 1. The lowest BCUT2D eigenvalue weighted by Crippen LogP contribution is -2.28. The first-order valence-electron chi connectivity index (χ1n) is 10.9. The smallest absolute Gasteiger partial charge is 0.263 e. The molecule has 0 radical (unpaired) electrons. The number of carbonyl (C=O) groups excluding carboxylic acids is 1. The highest BCUT2D eigenvalue weighted by Crippen LogP contribution is 2.29. The predicted octanol–water partition coefficient (Wildman–Crippen LogP) is 5.00. The molecule has 0 aromatic heterocycles. The van der Waals surface area contributed by atoms with Crippen LogP contribution in [0.25, 0.3) is 0 Å². The van der Waals surface area contributed by atoms with E-state index in [2.05, 4.69) is 10.0 Å². The molecule has 178 valence electrons. The molecule has 1 heterocycles. The zero-order valence-corrected chi connectivity index (χ0v) is 20.3. The fourth-order valence-electron chi connectivity index (χ4n) is 3.86. The van der Waals surface area contributed by atoms with E-state index in [1.54, 1.807) is 47.4 Å². The molecule has 9 heteroatoms. The molecule has 0 atom stereocenters. The van der Waals surface area contributed by atoms with E-state index in [1.165, 1.54) is 13.2 Å². The molecule has 3 aromatic carbocycles. The van der Waals surface area contributed by atoms with Gasteiger partial charge in [-0.15, -0.1) is 0 Å². The maximum absolute atomic E-state index is 13.5. The zero-order valence-electron chi connectivity index (χ0n) is 18.8. The minimum absolute atomic E-state index is 0.0209. The summed E-state index contributed by atoms with van der Waals surface area (Å²) in [6, 6.07) is 18.7. The van der Waals surface area contributed by atoms with Gasteiger partial charge in [-0.05, 0) is 54.8 Å². The number of rotatable bonds is 8. The van der Waals surface area contributed by atoms with Crippen molar-refractivity contribution in [1.29, 1.82) is 0 Å². The van der Waals surface area contributed by atoms with Crippen molar-refractivity contribution in [3.8, 4) is 5.75 Å². The first-order chi connectivity index (χ1) is 16.4. The van der Waals surface area contributed by atoms with Gasteiger partial charge in [-0.3, -0.25) is 9.52 Å². The average Bonchev–Trinajstić information content (AvgIpc) is 3.38. The Kier molecular flexibility index (Phi) is 7.29. The van der Waals surface area contributed by atoms with Crippen molar-refractivity contribution in [3.63, 3.8) is 0 Å². The van der Waals surface area contributed by atoms with Gasteiger partial charge >= 0.3 is 0 Å². The van der Waals surface area contributed by atoms with E-state index in [0.717, 1.165) is 18.4 Å². The molecule has 0 bridgehead atoms. The lowest BCUT2D eigenvalue weighted by atomic mass is 10.1. The Labute approximate surface area is 204 Å². The highest BCUT2D eigenvalue weighted by atomic mass is 35.5. The Morgan fingerprint density at radius 2 is 1.79 bits per heavy atom. The average molecular weight is 500 g/mol. The van der Waals surface area contributed by atoms with Crippen LogP contribution < -0.4 is 14.8 Å². The number of anilines is 2. The SMILES string of the molecule is COc1cccc(NS(=O)(=O)c2cc(C(=O)N3CCCC3)ccc2NCc2ccccc2Cl)c1. The second-order valence-corrected chi connectivity index (χ2v) is 10.1. The summed E-state index contributed by atoms with van der Waals surface area (Å²) < 4.78 is 34.7. The molecule has 1 amide bonds. The Morgan fingerprint density at radius 1 is 1.03 bits per heavy atom. The third kappa shape index (κ3) is 5.46. The van der Waals surface area contributed by atoms with E-state index >= 15 is 0 Å². The lowest BCUT2D eigenvalue weighted by Gasteiger charge is -2.19. The van der Waals surface area contributed by atoms with Crippen molar-refractivity contribution in [3.05, 3.63) is 82.9 Å². The largest absolute Gasteiger partial charge is 0.497 e. The Hall–Kier alpha value is -3.23. The third-order valence-corrected chi connectivity index (χ3v) is 7.45. The molecule has 3 aromatic rings. The molecular formula is C25H26ClN3O4S. The minimum atomic E-state index is -4.03. The summed E-state index contributed by atoms with van der Waals surface area (Å²) in [4.78, 5) is 14.7. The van der Waals surface area contributed by atoms with Gasteiger partial charge in [-0.25, -0.2) is 8.42 Å². The monoisotopic (exact) mass is 499 g/mol. The van der Waals surface area contributed by atoms with Crippen LogP contribution in [0.2, 0.25) is 5.02 Å². The maximum atomic E-state index is 13.5. The van der Waals surface area contributed by atoms with Gasteiger partial charge < -0.3 is 15.0 Å². The van der Waals surface area contributed by atoms with Gasteiger partial charge in [0.05, 0.1) is 18.5 Å². The molecule has 1 aliphatic rings. The molecule has 0 aliphatic carbocycles. The van der Waals surface area contributed by atoms with Gasteiger partial charge in [0.15, 0.2) is 0 Å². The summed E-state index contributed by atoms with van der Waals surface area (Å²) in [5.41, 5.74) is 1.88. The van der Waals surface area contributed by atoms with Crippen molar-refractivity contribution in [2.75, 3.05) is 30.2 Å². The summed E-state index contributed by atoms with van der Waals surface area (Å²) in [5.74, 6) is 0.350. The fraction of sp³-hybridized carbons (Fsp3) is 0.240. The predicted molar refractivity (Wildman–Crippen MR) is 134 cm³/mol. The number of hydrogen-bond donors (Lipinski definition) is 2. The summed E-state index contributed by atoms with van der Waals surface area (Å²) in [6.07, 6.45) is 1.90. The number of amides is 1. The van der Waals surface area contributed by atoms with E-state index in [-0.39, 0.29) is 10.8 Å². The fourth-order valence-corrected chi connectivity index (χ4v) is 5.32. The van der Waals surface area contributed by atoms with Crippen molar-refractivity contribution >= 4 is 38.9 Å². The standard InChI is InChI=1S/C25H26ClN3O4S/c1-33-21-9-6-8-20(16-21)28-34(31,32)24-15-18(25(30)29-13-4-5-14-29)11-12-23(24)27-17-19-7-2-3-10-22(19)26/h2-3,6-12,15-16,27-28H,4-5,13-14,17H2,1H3. The molecule has 2 N–H and O–H groups in total. The summed E-state index contributed by atoms with van der Waals surface area (Å²) in [6.45, 7) is 1.67. The van der Waals surface area contributed by atoms with Crippen molar-refractivity contribution in [2.45, 2.75) is 24.3 Å². The normalized spacial score (nSPS) is 13.5. The summed E-state index contributed by atoms with van der Waals surface area (Å²) in [5, 5.41) is 3.75. The molecule has 0 saturated carbocycles. The lowest BCUT2D eigenvalue weighted by molar-refractivity contribution is 0.0792. The number of methoxy groups -OCH3 is 1. The van der Waals surface area contributed by atoms with Crippen LogP contribution in [0, 0.1) is 0 Å². The number of carbonyl (C=O) groups is 1. The van der Waals surface area contributed by atoms with Crippen LogP contribution in [-0.4, -0.2) is 39.4 Å². The van der Waals surface area contributed by atoms with Gasteiger partial charge in [0.2, 0.25) is 0 Å². The number of benzene rings is 3. The Balaban J connectivity index is 1.68. The highest BCUT2D eigenvalue weighted by molar-refractivity contribution is 7.92. The number of hydrogen-bond acceptors (Lipinski definition) is 5. The van der Waals surface area contributed by atoms with E-state index in [0.29, 0.717) is 47.3 Å². The van der Waals surface area contributed by atoms with Crippen molar-refractivity contribution in [1.82, 2.24) is 4.90 Å². The van der Waals surface area contributed by atoms with Gasteiger partial charge in [0.1, 0.15) is 10.6 Å². The van der Waals surface area contributed by atoms with Crippen LogP contribution in [0.4, 0.5) is 11.4 Å². The topological polar surface area (TPSA) is 87.7 Å². The zero-order chi connectivity index (χ0) is 24.1. The summed E-state index contributed by atoms with van der Waals surface area (Å²) >= 11 is 6.26. The first kappa shape index (κ1) is 23.9. The van der Waals surface area contributed by atoms with E-state index < -0.39 is 10.0 Å². The molecule has 1 fully saturated rings. The molecule has 4 rings (SSSR count). The second kappa shape index (κ2) is 10.4. The molecular weight excluding hydrogens is 474 g/mol. The van der Waals surface area contributed by atoms with Gasteiger partial charge in [-0.2, -0.15) is 0 Å². The van der Waals surface area contributed by atoms with Gasteiger partial charge in [-0.1, -0.05) is 35.9 Å². The van der Waals surface area contributed by atoms with Gasteiger partial charge in [0, 0.05) is 36.3 Å². The molecule has 0 spiro atoms. The van der Waals surface area contributed by atoms with Gasteiger partial charge in [0.25, 0.3) is 15.9 Å². The van der Waals surface area contributed by atoms with Crippen LogP contribution in [0.3, 0.4) is 0 Å². The number of halogens is 1. The number of nitrogens with one attached hydrogen (secondary N) is 2. The van der Waals surface area contributed by atoms with Crippen LogP contribution in [0.5, 0.6) is 5.75 Å². The number of sulfonamides is 1. The number of ether oxygens (including phenoxy) is 1. The first-order valence-corrected chi connectivity index (χ1v) is 12.8. The van der Waals surface area contributed by atoms with Crippen LogP contribution in [-0.2, 0) is 16.6 Å². The van der Waals surface area contributed by atoms with E-state index in [4.69, 9.17) is 16.3 Å². The van der Waals surface area contributed by atoms with Crippen molar-refractivity contribution in [2.24, 2.45) is 0 Å². The minimum Gasteiger partial charge on any atom is -0.497 e. The Bertz CT molecular complexity index is 1290. The second-order valence-electron chi connectivity index (χ2n) is 7.99. The maximum Gasteiger partial charge on any atom is 0.263 e. The Morgan fingerprint density at radius 3 is 2.53 bits per heavy atom. The van der Waals surface area contributed by atoms with Crippen LogP contribution >= 0.6 is 11.6 Å². The molecule has 7 nitrogen and oxygen atoms in total. The summed E-state index contributed by atoms with van der Waals surface area (Å²) in [7, 11) is -2.52. The molecule has 1 aliphatic heterocycles. The van der Waals surface area contributed by atoms with E-state index in [9.17, 15) is 13.2 Å². The molecule has 34 heavy (non-hydrogen) atoms. The van der Waals surface area contributed by atoms with E-state index in [1.807, 2.05) is 18.2 Å². The molecule has 1 saturated heterocycles. The van der Waals surface area contributed by atoms with Crippen molar-refractivity contribution < 1.29 is 17.9 Å².